The molecule has 1 heterocycles. The van der Waals surface area contributed by atoms with E-state index in [1.807, 2.05) is 24.0 Å². The monoisotopic (exact) mass is 224 g/mol. The molecule has 1 aromatic heterocycles. The third-order valence-electron chi connectivity index (χ3n) is 1.04. The normalized spacial score (nSPS) is 9.00. The molecule has 62 valence electrons. The number of imidazole rings is 1. The minimum atomic E-state index is 0. The SMILES string of the molecule is CPc1nccn1C.[Cu+].[SH-]. The quantitative estimate of drug-likeness (QED) is 0.291. The smallest absolute Gasteiger partial charge is 0.813 e. The van der Waals surface area contributed by atoms with Crippen LogP contribution in [0.5, 0.6) is 0 Å². The van der Waals surface area contributed by atoms with E-state index in [1.54, 1.807) is 0 Å². The second kappa shape index (κ2) is 6.23. The predicted octanol–water partition coefficient (Wildman–Crippen LogP) is 0.0811. The Bertz CT molecular complexity index is 180. The fourth-order valence-electron chi connectivity index (χ4n) is 0.607. The van der Waals surface area contributed by atoms with E-state index in [-0.39, 0.29) is 30.6 Å². The van der Waals surface area contributed by atoms with E-state index in [0.29, 0.717) is 0 Å². The Balaban J connectivity index is 0. The van der Waals surface area contributed by atoms with Gasteiger partial charge in [-0.05, 0) is 6.66 Å². The van der Waals surface area contributed by atoms with E-state index in [4.69, 9.17) is 0 Å². The number of thiol groups is 1. The Morgan fingerprint density at radius 1 is 1.60 bits per heavy atom. The molecule has 0 saturated carbocycles. The third-order valence-corrected chi connectivity index (χ3v) is 1.97. The Kier molecular flexibility index (Phi) is 8.18. The van der Waals surface area contributed by atoms with Crippen molar-refractivity contribution in [3.63, 3.8) is 0 Å². The maximum absolute atomic E-state index is 4.11. The number of aryl methyl sites for hydroxylation is 1. The summed E-state index contributed by atoms with van der Waals surface area (Å²) in [6.07, 6.45) is 3.79. The van der Waals surface area contributed by atoms with E-state index in [1.165, 1.54) is 5.57 Å². The van der Waals surface area contributed by atoms with Gasteiger partial charge in [-0.25, -0.2) is 4.98 Å². The fraction of sp³-hybridized carbons (Fsp3) is 0.400. The second-order valence-corrected chi connectivity index (χ2v) is 2.56. The number of hydrogen-bond donors (Lipinski definition) is 0. The van der Waals surface area contributed by atoms with Crippen molar-refractivity contribution in [3.05, 3.63) is 12.4 Å². The van der Waals surface area contributed by atoms with Gasteiger partial charge in [0.15, 0.2) is 0 Å². The van der Waals surface area contributed by atoms with Gasteiger partial charge in [-0.3, -0.25) is 0 Å². The van der Waals surface area contributed by atoms with Gasteiger partial charge in [0.05, 0.1) is 0 Å². The van der Waals surface area contributed by atoms with E-state index >= 15 is 0 Å². The molecule has 1 atom stereocenters. The number of hydrogen-bond acceptors (Lipinski definition) is 2. The van der Waals surface area contributed by atoms with Crippen molar-refractivity contribution >= 4 is 27.6 Å². The zero-order valence-electron chi connectivity index (χ0n) is 5.80. The minimum absolute atomic E-state index is 0. The van der Waals surface area contributed by atoms with Crippen LogP contribution in [-0.2, 0) is 37.6 Å². The molecule has 1 rings (SSSR count). The molecule has 1 unspecified atom stereocenters. The Morgan fingerprint density at radius 2 is 2.20 bits per heavy atom. The molecule has 0 aliphatic heterocycles. The molecule has 10 heavy (non-hydrogen) atoms. The van der Waals surface area contributed by atoms with Crippen LogP contribution in [0, 0.1) is 0 Å². The molecule has 0 aliphatic rings. The average Bonchev–Trinajstić information content (AvgIpc) is 2.14. The molecule has 0 spiro atoms. The van der Waals surface area contributed by atoms with Crippen LogP contribution in [0.4, 0.5) is 0 Å². The summed E-state index contributed by atoms with van der Waals surface area (Å²) in [6.45, 7) is 2.13. The molecule has 2 nitrogen and oxygen atoms in total. The molecule has 0 saturated heterocycles. The van der Waals surface area contributed by atoms with Gasteiger partial charge in [-0.2, -0.15) is 0 Å². The number of aromatic nitrogens is 2. The van der Waals surface area contributed by atoms with E-state index in [9.17, 15) is 0 Å². The zero-order valence-corrected chi connectivity index (χ0v) is 8.63. The van der Waals surface area contributed by atoms with Crippen LogP contribution in [0.2, 0.25) is 0 Å². The molecule has 0 N–H and O–H groups in total. The van der Waals surface area contributed by atoms with Crippen LogP contribution >= 0.6 is 8.58 Å². The van der Waals surface area contributed by atoms with Crippen molar-refractivity contribution in [2.75, 3.05) is 6.66 Å². The molecule has 0 radical (unpaired) electrons. The minimum Gasteiger partial charge on any atom is -0.813 e. The van der Waals surface area contributed by atoms with Crippen molar-refractivity contribution in [3.8, 4) is 0 Å². The van der Waals surface area contributed by atoms with Gasteiger partial charge >= 0.3 is 17.1 Å². The molecule has 0 bridgehead atoms. The molecule has 0 amide bonds. The van der Waals surface area contributed by atoms with Crippen molar-refractivity contribution in [1.29, 1.82) is 0 Å². The fourth-order valence-corrected chi connectivity index (χ4v) is 1.24. The van der Waals surface area contributed by atoms with Crippen LogP contribution in [0.3, 0.4) is 0 Å². The summed E-state index contributed by atoms with van der Waals surface area (Å²) in [4.78, 5) is 4.11. The Hall–Kier alpha value is 0.509. The van der Waals surface area contributed by atoms with E-state index in [2.05, 4.69) is 11.6 Å². The largest absolute Gasteiger partial charge is 1.00 e. The van der Waals surface area contributed by atoms with Crippen molar-refractivity contribution in [2.45, 2.75) is 0 Å². The molecule has 5 heteroatoms. The summed E-state index contributed by atoms with van der Waals surface area (Å²) >= 11 is 0. The van der Waals surface area contributed by atoms with Crippen molar-refractivity contribution in [2.24, 2.45) is 7.05 Å². The molecule has 0 aromatic carbocycles. The Morgan fingerprint density at radius 3 is 2.40 bits per heavy atom. The zero-order chi connectivity index (χ0) is 5.98. The maximum atomic E-state index is 4.11. The summed E-state index contributed by atoms with van der Waals surface area (Å²) in [5.41, 5.74) is 1.17. The van der Waals surface area contributed by atoms with Gasteiger partial charge in [0.25, 0.3) is 0 Å². The van der Waals surface area contributed by atoms with Crippen LogP contribution in [-0.4, -0.2) is 16.2 Å². The molecule has 1 aromatic rings. The van der Waals surface area contributed by atoms with E-state index < -0.39 is 0 Å². The average molecular weight is 225 g/mol. The second-order valence-electron chi connectivity index (χ2n) is 1.61. The summed E-state index contributed by atoms with van der Waals surface area (Å²) in [5.74, 6) is 0. The molecular weight excluding hydrogens is 215 g/mol. The van der Waals surface area contributed by atoms with Gasteiger partial charge in [-0.15, -0.1) is 0 Å². The first-order valence-corrected chi connectivity index (χ1v) is 3.99. The van der Waals surface area contributed by atoms with Crippen molar-refractivity contribution in [1.82, 2.24) is 9.55 Å². The third kappa shape index (κ3) is 3.07. The molecule has 0 aliphatic carbocycles. The maximum Gasteiger partial charge on any atom is 1.00 e. The predicted molar refractivity (Wildman–Crippen MR) is 45.8 cm³/mol. The first-order chi connectivity index (χ1) is 3.84. The summed E-state index contributed by atoms with van der Waals surface area (Å²) < 4.78 is 2.04. The van der Waals surface area contributed by atoms with Crippen LogP contribution in [0.25, 0.3) is 0 Å². The Labute approximate surface area is 80.5 Å². The molecular formula is C5H10CuN2PS. The summed E-state index contributed by atoms with van der Waals surface area (Å²) in [6, 6.07) is 0. The van der Waals surface area contributed by atoms with Gasteiger partial charge in [0.1, 0.15) is 5.57 Å². The first kappa shape index (κ1) is 13.1. The molecule has 0 fully saturated rings. The summed E-state index contributed by atoms with van der Waals surface area (Å²) in [5, 5.41) is 0. The number of nitrogens with zero attached hydrogens (tertiary/aromatic N) is 2. The van der Waals surface area contributed by atoms with Gasteiger partial charge < -0.3 is 18.1 Å². The van der Waals surface area contributed by atoms with Crippen LogP contribution in [0.1, 0.15) is 0 Å². The van der Waals surface area contributed by atoms with E-state index in [0.717, 1.165) is 8.58 Å². The first-order valence-electron chi connectivity index (χ1n) is 2.49. The van der Waals surface area contributed by atoms with Gasteiger partial charge in [0, 0.05) is 19.4 Å². The van der Waals surface area contributed by atoms with Gasteiger partial charge in [0.2, 0.25) is 0 Å². The van der Waals surface area contributed by atoms with Gasteiger partial charge in [-0.1, -0.05) is 8.58 Å². The van der Waals surface area contributed by atoms with Crippen molar-refractivity contribution < 1.29 is 17.1 Å². The summed E-state index contributed by atoms with van der Waals surface area (Å²) in [7, 11) is 2.82. The van der Waals surface area contributed by atoms with Crippen LogP contribution in [0.15, 0.2) is 12.4 Å². The standard InChI is InChI=1S/C5H9N2P.Cu.H2S/c1-7-4-3-6-5(7)8-2;;/h3-4,8H,1-2H3;;1H2/q;+1;/p-1. The number of rotatable bonds is 1. The topological polar surface area (TPSA) is 17.8 Å². The van der Waals surface area contributed by atoms with Crippen LogP contribution < -0.4 is 5.57 Å².